The van der Waals surface area contributed by atoms with Crippen LogP contribution in [0.2, 0.25) is 0 Å². The number of nitrogens with one attached hydrogen (secondary N) is 1. The fourth-order valence-electron chi connectivity index (χ4n) is 6.98. The number of anilines is 1. The summed E-state index contributed by atoms with van der Waals surface area (Å²) in [5.41, 5.74) is 0.488. The van der Waals surface area contributed by atoms with Gasteiger partial charge in [0.15, 0.2) is 12.4 Å². The van der Waals surface area contributed by atoms with Crippen LogP contribution in [0.4, 0.5) is 10.2 Å². The molecule has 0 radical (unpaired) electrons. The van der Waals surface area contributed by atoms with Gasteiger partial charge in [-0.1, -0.05) is 54.6 Å². The summed E-state index contributed by atoms with van der Waals surface area (Å²) in [7, 11) is 1.32. The highest BCUT2D eigenvalue weighted by Crippen LogP contribution is 2.51. The summed E-state index contributed by atoms with van der Waals surface area (Å²) in [5.74, 6) is 1.77. The van der Waals surface area contributed by atoms with Crippen LogP contribution in [-0.2, 0) is 24.1 Å². The van der Waals surface area contributed by atoms with Crippen molar-refractivity contribution in [3.8, 4) is 17.6 Å². The van der Waals surface area contributed by atoms with Crippen LogP contribution < -0.4 is 20.5 Å². The molecule has 2 heterocycles. The van der Waals surface area contributed by atoms with Crippen molar-refractivity contribution in [2.75, 3.05) is 32.8 Å². The molecular formula is C42H51FN5O7P. The van der Waals surface area contributed by atoms with E-state index in [-0.39, 0.29) is 37.8 Å². The predicted molar refractivity (Wildman–Crippen MR) is 212 cm³/mol. The Bertz CT molecular complexity index is 1900. The first kappa shape index (κ1) is 41.2. The molecule has 0 bridgehead atoms. The van der Waals surface area contributed by atoms with Gasteiger partial charge in [0.25, 0.3) is 8.53 Å². The minimum atomic E-state index is -1.90. The lowest BCUT2D eigenvalue weighted by atomic mass is 9.80. The van der Waals surface area contributed by atoms with E-state index in [0.717, 1.165) is 34.1 Å². The maximum atomic E-state index is 17.2. The molecule has 6 rings (SSSR count). The number of ether oxygens (including phenoxy) is 4. The van der Waals surface area contributed by atoms with Gasteiger partial charge in [-0.15, -0.1) is 0 Å². The van der Waals surface area contributed by atoms with Gasteiger partial charge in [-0.25, -0.2) is 13.9 Å². The number of nitrogens with zero attached hydrogens (tertiary/aromatic N) is 4. The Morgan fingerprint density at radius 3 is 2.05 bits per heavy atom. The number of hydrogen-bond donors (Lipinski definition) is 1. The number of aromatic nitrogens is 2. The summed E-state index contributed by atoms with van der Waals surface area (Å²) in [6, 6.07) is 28.9. The largest absolute Gasteiger partial charge is 0.497 e. The highest BCUT2D eigenvalue weighted by Gasteiger charge is 2.51. The Hall–Kier alpha value is -4.41. The van der Waals surface area contributed by atoms with Gasteiger partial charge in [-0.05, 0) is 87.6 Å². The molecule has 2 aliphatic rings. The minimum Gasteiger partial charge on any atom is -0.497 e. The van der Waals surface area contributed by atoms with Crippen molar-refractivity contribution in [1.82, 2.24) is 14.2 Å². The van der Waals surface area contributed by atoms with Crippen molar-refractivity contribution in [2.45, 2.75) is 95.3 Å². The summed E-state index contributed by atoms with van der Waals surface area (Å²) < 4.78 is 58.0. The van der Waals surface area contributed by atoms with Gasteiger partial charge in [-0.2, -0.15) is 10.2 Å². The van der Waals surface area contributed by atoms with E-state index in [1.807, 2.05) is 111 Å². The lowest BCUT2D eigenvalue weighted by Crippen LogP contribution is -2.41. The van der Waals surface area contributed by atoms with E-state index in [9.17, 15) is 10.1 Å². The van der Waals surface area contributed by atoms with E-state index < -0.39 is 44.4 Å². The standard InChI is InChI=1S/C42H51FN5O7P/c1-28(2)48(29(3)4)56(53-26-10-24-44)55-39-36(54-40(38(39)43)47-25-23-37(46-41(47)49)45-33-17-18-33)27-52-42(30-11-8-7-9-12-30,31-13-19-34(50-5)20-14-31)32-15-21-35(51-6)22-16-32/h7-9,11-16,19-23,25,28-29,33,36,38-40H,10,17-18,26-27H2,1-6H3,(H,45,46,49)/t36-,38-,39-,40-,56?/m1/s1. The number of nitriles is 1. The molecule has 14 heteroatoms. The molecular weight excluding hydrogens is 736 g/mol. The smallest absolute Gasteiger partial charge is 0.351 e. The van der Waals surface area contributed by atoms with Gasteiger partial charge >= 0.3 is 5.69 Å². The Labute approximate surface area is 329 Å². The van der Waals surface area contributed by atoms with Gasteiger partial charge < -0.3 is 33.3 Å². The monoisotopic (exact) mass is 787 g/mol. The second-order valence-corrected chi connectivity index (χ2v) is 15.8. The highest BCUT2D eigenvalue weighted by atomic mass is 31.2. The van der Waals surface area contributed by atoms with Crippen LogP contribution in [0.1, 0.15) is 69.9 Å². The molecule has 12 nitrogen and oxygen atoms in total. The van der Waals surface area contributed by atoms with Crippen LogP contribution in [0.3, 0.4) is 0 Å². The molecule has 1 aromatic heterocycles. The van der Waals surface area contributed by atoms with Crippen molar-refractivity contribution in [2.24, 2.45) is 0 Å². The van der Waals surface area contributed by atoms with Crippen LogP contribution in [0.25, 0.3) is 0 Å². The lowest BCUT2D eigenvalue weighted by Gasteiger charge is -2.39. The van der Waals surface area contributed by atoms with Gasteiger partial charge in [0.05, 0.1) is 39.9 Å². The summed E-state index contributed by atoms with van der Waals surface area (Å²) in [6.07, 6.45) is -1.84. The molecule has 4 aromatic rings. The van der Waals surface area contributed by atoms with Crippen molar-refractivity contribution in [3.63, 3.8) is 0 Å². The molecule has 1 aliphatic carbocycles. The number of rotatable bonds is 19. The molecule has 1 saturated carbocycles. The van der Waals surface area contributed by atoms with Crippen LogP contribution in [0, 0.1) is 11.3 Å². The third-order valence-electron chi connectivity index (χ3n) is 9.81. The van der Waals surface area contributed by atoms with Crippen LogP contribution >= 0.6 is 8.53 Å². The quantitative estimate of drug-likeness (QED) is 0.0569. The zero-order chi connectivity index (χ0) is 39.8. The fourth-order valence-corrected chi connectivity index (χ4v) is 8.75. The molecule has 1 unspecified atom stereocenters. The Balaban J connectivity index is 1.43. The third kappa shape index (κ3) is 9.24. The molecule has 56 heavy (non-hydrogen) atoms. The number of hydrogen-bond acceptors (Lipinski definition) is 11. The zero-order valence-corrected chi connectivity index (χ0v) is 33.6. The van der Waals surface area contributed by atoms with E-state index in [4.69, 9.17) is 28.0 Å². The molecule has 1 saturated heterocycles. The number of benzene rings is 3. The summed E-state index contributed by atoms with van der Waals surface area (Å²) in [4.78, 5) is 17.7. The lowest BCUT2D eigenvalue weighted by molar-refractivity contribution is -0.0934. The molecule has 0 amide bonds. The average molecular weight is 788 g/mol. The van der Waals surface area contributed by atoms with E-state index in [2.05, 4.69) is 16.4 Å². The van der Waals surface area contributed by atoms with E-state index >= 15 is 4.39 Å². The summed E-state index contributed by atoms with van der Waals surface area (Å²) in [6.45, 7) is 7.96. The molecule has 5 atom stereocenters. The maximum Gasteiger partial charge on any atom is 0.351 e. The molecule has 1 N–H and O–H groups in total. The topological polar surface area (TPSA) is 129 Å². The third-order valence-corrected chi connectivity index (χ3v) is 11.9. The average Bonchev–Trinajstić information content (AvgIpc) is 3.97. The number of halogens is 1. The molecule has 298 valence electrons. The Kier molecular flexibility index (Phi) is 13.8. The first-order chi connectivity index (χ1) is 27.1. The van der Waals surface area contributed by atoms with Crippen molar-refractivity contribution in [3.05, 3.63) is 118 Å². The predicted octanol–water partition coefficient (Wildman–Crippen LogP) is 7.74. The molecule has 3 aromatic carbocycles. The van der Waals surface area contributed by atoms with Gasteiger partial charge in [0.2, 0.25) is 0 Å². The van der Waals surface area contributed by atoms with Gasteiger partial charge in [0.1, 0.15) is 35.1 Å². The second kappa shape index (κ2) is 18.7. The Morgan fingerprint density at radius 1 is 0.946 bits per heavy atom. The second-order valence-electron chi connectivity index (χ2n) is 14.4. The van der Waals surface area contributed by atoms with Crippen molar-refractivity contribution in [1.29, 1.82) is 5.26 Å². The van der Waals surface area contributed by atoms with E-state index in [1.54, 1.807) is 20.3 Å². The Morgan fingerprint density at radius 2 is 1.54 bits per heavy atom. The number of alkyl halides is 1. The van der Waals surface area contributed by atoms with Gasteiger partial charge in [0, 0.05) is 24.3 Å². The molecule has 1 aliphatic heterocycles. The molecule has 0 spiro atoms. The zero-order valence-electron chi connectivity index (χ0n) is 32.7. The minimum absolute atomic E-state index is 0.0386. The normalized spacial score (nSPS) is 20.3. The van der Waals surface area contributed by atoms with Crippen LogP contribution in [0.15, 0.2) is 95.9 Å². The highest BCUT2D eigenvalue weighted by molar-refractivity contribution is 7.44. The van der Waals surface area contributed by atoms with Gasteiger partial charge in [-0.3, -0.25) is 4.57 Å². The maximum absolute atomic E-state index is 17.2. The van der Waals surface area contributed by atoms with Crippen LogP contribution in [-0.4, -0.2) is 78.2 Å². The van der Waals surface area contributed by atoms with Crippen LogP contribution in [0.5, 0.6) is 11.5 Å². The van der Waals surface area contributed by atoms with Crippen molar-refractivity contribution >= 4 is 14.3 Å². The van der Waals surface area contributed by atoms with Crippen molar-refractivity contribution < 1.29 is 32.4 Å². The first-order valence-corrected chi connectivity index (χ1v) is 20.1. The summed E-state index contributed by atoms with van der Waals surface area (Å²) >= 11 is 0. The first-order valence-electron chi connectivity index (χ1n) is 19.0. The van der Waals surface area contributed by atoms with E-state index in [0.29, 0.717) is 17.3 Å². The SMILES string of the molecule is COc1ccc(C(OC[C@H]2O[C@@H](n3ccc(NC4CC4)nc3=O)[C@H](F)[C@@H]2OP(OCCC#N)N(C(C)C)C(C)C)(c2ccccc2)c2ccc(OC)cc2)cc1. The number of methoxy groups -OCH3 is 2. The summed E-state index contributed by atoms with van der Waals surface area (Å²) in [5, 5.41) is 12.5. The van der Waals surface area contributed by atoms with E-state index in [1.165, 1.54) is 6.20 Å². The fraction of sp³-hybridized carbons (Fsp3) is 0.452. The molecule has 2 fully saturated rings.